The van der Waals surface area contributed by atoms with Gasteiger partial charge in [0.1, 0.15) is 5.50 Å². The van der Waals surface area contributed by atoms with Crippen LogP contribution in [0.25, 0.3) is 0 Å². The molecule has 1 unspecified atom stereocenters. The van der Waals surface area contributed by atoms with Crippen LogP contribution in [0.15, 0.2) is 11.1 Å². The number of hydrogen-bond donors (Lipinski definition) is 1. The van der Waals surface area contributed by atoms with E-state index in [0.717, 1.165) is 19.3 Å². The SMILES string of the molecule is CCC1=CN(C(=O)C2CC2)C(N)S1. The van der Waals surface area contributed by atoms with Gasteiger partial charge in [0.2, 0.25) is 5.91 Å². The molecule has 1 saturated carbocycles. The monoisotopic (exact) mass is 198 g/mol. The lowest BCUT2D eigenvalue weighted by Gasteiger charge is -2.18. The predicted octanol–water partition coefficient (Wildman–Crippen LogP) is 1.47. The normalized spacial score (nSPS) is 27.7. The van der Waals surface area contributed by atoms with Gasteiger partial charge in [0, 0.05) is 17.0 Å². The highest BCUT2D eigenvalue weighted by Gasteiger charge is 2.37. The first-order valence-electron chi connectivity index (χ1n) is 4.67. The van der Waals surface area contributed by atoms with Gasteiger partial charge >= 0.3 is 0 Å². The molecule has 0 radical (unpaired) electrons. The van der Waals surface area contributed by atoms with Gasteiger partial charge in [-0.3, -0.25) is 9.69 Å². The zero-order valence-electron chi connectivity index (χ0n) is 7.69. The van der Waals surface area contributed by atoms with Gasteiger partial charge in [0.15, 0.2) is 0 Å². The van der Waals surface area contributed by atoms with Crippen LogP contribution >= 0.6 is 11.8 Å². The second-order valence-electron chi connectivity index (χ2n) is 3.48. The lowest BCUT2D eigenvalue weighted by Crippen LogP contribution is -2.38. The van der Waals surface area contributed by atoms with E-state index in [1.165, 1.54) is 4.91 Å². The molecule has 2 aliphatic rings. The number of nitrogens with two attached hydrogens (primary N) is 1. The number of hydrogen-bond acceptors (Lipinski definition) is 3. The summed E-state index contributed by atoms with van der Waals surface area (Å²) in [5.41, 5.74) is 5.65. The molecule has 2 rings (SSSR count). The maximum Gasteiger partial charge on any atom is 0.231 e. The van der Waals surface area contributed by atoms with Crippen molar-refractivity contribution in [3.63, 3.8) is 0 Å². The van der Waals surface area contributed by atoms with E-state index in [4.69, 9.17) is 5.73 Å². The van der Waals surface area contributed by atoms with Crippen LogP contribution in [0.4, 0.5) is 0 Å². The Labute approximate surface area is 82.3 Å². The molecule has 0 spiro atoms. The first-order valence-corrected chi connectivity index (χ1v) is 5.55. The Morgan fingerprint density at radius 2 is 2.46 bits per heavy atom. The van der Waals surface area contributed by atoms with Crippen molar-refractivity contribution in [1.29, 1.82) is 0 Å². The number of amides is 1. The number of carbonyl (C=O) groups excluding carboxylic acids is 1. The van der Waals surface area contributed by atoms with Crippen LogP contribution < -0.4 is 5.73 Å². The summed E-state index contributed by atoms with van der Waals surface area (Å²) in [7, 11) is 0. The fraction of sp³-hybridized carbons (Fsp3) is 0.667. The molecule has 2 N–H and O–H groups in total. The number of thioether (sulfide) groups is 1. The maximum atomic E-state index is 11.7. The van der Waals surface area contributed by atoms with E-state index in [-0.39, 0.29) is 17.3 Å². The molecule has 0 aromatic heterocycles. The Morgan fingerprint density at radius 1 is 1.77 bits per heavy atom. The average molecular weight is 198 g/mol. The quantitative estimate of drug-likeness (QED) is 0.730. The number of carbonyl (C=O) groups is 1. The summed E-state index contributed by atoms with van der Waals surface area (Å²) in [6, 6.07) is 0. The highest BCUT2D eigenvalue weighted by molar-refractivity contribution is 8.03. The van der Waals surface area contributed by atoms with E-state index in [0.29, 0.717) is 0 Å². The van der Waals surface area contributed by atoms with Crippen molar-refractivity contribution in [1.82, 2.24) is 4.90 Å². The Balaban J connectivity index is 2.05. The topological polar surface area (TPSA) is 46.3 Å². The zero-order valence-corrected chi connectivity index (χ0v) is 8.51. The third-order valence-electron chi connectivity index (χ3n) is 2.36. The molecule has 1 atom stereocenters. The van der Waals surface area contributed by atoms with Crippen molar-refractivity contribution in [2.24, 2.45) is 11.7 Å². The lowest BCUT2D eigenvalue weighted by molar-refractivity contribution is -0.130. The summed E-state index contributed by atoms with van der Waals surface area (Å²) in [5, 5.41) is 0. The van der Waals surface area contributed by atoms with Crippen molar-refractivity contribution < 1.29 is 4.79 Å². The van der Waals surface area contributed by atoms with E-state index in [1.54, 1.807) is 16.7 Å². The van der Waals surface area contributed by atoms with Gasteiger partial charge in [-0.1, -0.05) is 18.7 Å². The van der Waals surface area contributed by atoms with E-state index >= 15 is 0 Å². The molecule has 0 saturated heterocycles. The van der Waals surface area contributed by atoms with Gasteiger partial charge in [-0.2, -0.15) is 0 Å². The maximum absolute atomic E-state index is 11.7. The summed E-state index contributed by atoms with van der Waals surface area (Å²) < 4.78 is 0. The van der Waals surface area contributed by atoms with Crippen LogP contribution in [-0.4, -0.2) is 16.3 Å². The molecule has 1 amide bonds. The molecule has 0 aromatic carbocycles. The van der Waals surface area contributed by atoms with Gasteiger partial charge in [0.05, 0.1) is 0 Å². The highest BCUT2D eigenvalue weighted by Crippen LogP contribution is 2.37. The summed E-state index contributed by atoms with van der Waals surface area (Å²) in [4.78, 5) is 14.6. The lowest BCUT2D eigenvalue weighted by atomic mass is 10.3. The Morgan fingerprint density at radius 3 is 2.92 bits per heavy atom. The average Bonchev–Trinajstić information content (AvgIpc) is 2.89. The molecular weight excluding hydrogens is 184 g/mol. The predicted molar refractivity (Wildman–Crippen MR) is 53.5 cm³/mol. The van der Waals surface area contributed by atoms with Crippen LogP contribution in [0.3, 0.4) is 0 Å². The fourth-order valence-corrected chi connectivity index (χ4v) is 2.31. The van der Waals surface area contributed by atoms with Gasteiger partial charge < -0.3 is 5.73 Å². The number of rotatable bonds is 2. The fourth-order valence-electron chi connectivity index (χ4n) is 1.38. The van der Waals surface area contributed by atoms with E-state index < -0.39 is 0 Å². The molecule has 1 heterocycles. The third kappa shape index (κ3) is 1.74. The molecule has 1 aliphatic carbocycles. The van der Waals surface area contributed by atoms with Gasteiger partial charge in [0.25, 0.3) is 0 Å². The molecule has 0 aromatic rings. The second kappa shape index (κ2) is 3.35. The second-order valence-corrected chi connectivity index (χ2v) is 4.72. The smallest absolute Gasteiger partial charge is 0.231 e. The van der Waals surface area contributed by atoms with Crippen LogP contribution in [0, 0.1) is 5.92 Å². The van der Waals surface area contributed by atoms with Gasteiger partial charge in [-0.25, -0.2) is 0 Å². The van der Waals surface area contributed by atoms with E-state index in [1.807, 2.05) is 6.20 Å². The Hall–Kier alpha value is -0.480. The Kier molecular flexibility index (Phi) is 2.34. The van der Waals surface area contributed by atoms with Crippen molar-refractivity contribution in [2.75, 3.05) is 0 Å². The standard InChI is InChI=1S/C9H14N2OS/c1-2-7-5-11(9(10)13-7)8(12)6-3-4-6/h5-6,9H,2-4,10H2,1H3. The van der Waals surface area contributed by atoms with Gasteiger partial charge in [-0.05, 0) is 19.3 Å². The Bertz CT molecular complexity index is 260. The molecular formula is C9H14N2OS. The van der Waals surface area contributed by atoms with Crippen LogP contribution in [0.1, 0.15) is 26.2 Å². The van der Waals surface area contributed by atoms with Crippen LogP contribution in [0.2, 0.25) is 0 Å². The zero-order chi connectivity index (χ0) is 9.42. The van der Waals surface area contributed by atoms with Crippen molar-refractivity contribution in [3.8, 4) is 0 Å². The molecule has 1 aliphatic heterocycles. The first kappa shape index (κ1) is 9.09. The largest absolute Gasteiger partial charge is 0.302 e. The molecule has 4 heteroatoms. The number of nitrogens with zero attached hydrogens (tertiary/aromatic N) is 1. The van der Waals surface area contributed by atoms with Crippen molar-refractivity contribution >= 4 is 17.7 Å². The van der Waals surface area contributed by atoms with Crippen LogP contribution in [-0.2, 0) is 4.79 Å². The molecule has 72 valence electrons. The van der Waals surface area contributed by atoms with Gasteiger partial charge in [-0.15, -0.1) is 0 Å². The minimum absolute atomic E-state index is 0.178. The third-order valence-corrected chi connectivity index (χ3v) is 3.52. The minimum Gasteiger partial charge on any atom is -0.302 e. The minimum atomic E-state index is -0.178. The van der Waals surface area contributed by atoms with Crippen LogP contribution in [0.5, 0.6) is 0 Å². The summed E-state index contributed by atoms with van der Waals surface area (Å²) in [6.07, 6.45) is 4.97. The highest BCUT2D eigenvalue weighted by atomic mass is 32.2. The summed E-state index contributed by atoms with van der Waals surface area (Å²) >= 11 is 1.59. The first-order chi connectivity index (χ1) is 6.22. The van der Waals surface area contributed by atoms with E-state index in [2.05, 4.69) is 6.92 Å². The summed E-state index contributed by atoms with van der Waals surface area (Å²) in [5.74, 6) is 0.475. The van der Waals surface area contributed by atoms with Crippen molar-refractivity contribution in [2.45, 2.75) is 31.7 Å². The van der Waals surface area contributed by atoms with Crippen molar-refractivity contribution in [3.05, 3.63) is 11.1 Å². The number of allylic oxidation sites excluding steroid dienone is 1. The summed E-state index contributed by atoms with van der Waals surface area (Å²) in [6.45, 7) is 2.08. The molecule has 1 fully saturated rings. The molecule has 0 bridgehead atoms. The molecule has 13 heavy (non-hydrogen) atoms. The molecule has 3 nitrogen and oxygen atoms in total. The van der Waals surface area contributed by atoms with E-state index in [9.17, 15) is 4.79 Å².